The summed E-state index contributed by atoms with van der Waals surface area (Å²) < 4.78 is 14.9. The molecule has 0 fully saturated rings. The summed E-state index contributed by atoms with van der Waals surface area (Å²) in [7, 11) is 2.20. The molecule has 0 N–H and O–H groups in total. The van der Waals surface area contributed by atoms with Gasteiger partial charge in [-0.3, -0.25) is 0 Å². The molecule has 0 saturated carbocycles. The monoisotopic (exact) mass is 248 g/mol. The number of carboxylic acid groups (broad SMARTS) is 2. The molecular formula is C6H12CaO6Si. The quantitative estimate of drug-likeness (QED) is 0.523. The molecule has 8 heteroatoms. The van der Waals surface area contributed by atoms with Gasteiger partial charge in [-0.2, -0.15) is 0 Å². The van der Waals surface area contributed by atoms with Gasteiger partial charge < -0.3 is 28.3 Å². The molecule has 0 aromatic carbocycles. The van der Waals surface area contributed by atoms with Gasteiger partial charge in [0.15, 0.2) is 0 Å². The Morgan fingerprint density at radius 3 is 1.43 bits per heavy atom. The van der Waals surface area contributed by atoms with Gasteiger partial charge in [-0.1, -0.05) is 6.58 Å². The third-order valence-electron chi connectivity index (χ3n) is 1.10. The molecule has 0 aromatic rings. The van der Waals surface area contributed by atoms with Crippen LogP contribution in [0, 0.1) is 0 Å². The second kappa shape index (κ2) is 11.4. The minimum atomic E-state index is -2.43. The van der Waals surface area contributed by atoms with Crippen molar-refractivity contribution in [3.63, 3.8) is 0 Å². The molecular weight excluding hydrogens is 236 g/mol. The SMILES string of the molecule is C=C[Si](OC)(OC)OC.O=C([O-])[O-].[Ca+2]. The van der Waals surface area contributed by atoms with E-state index in [0.29, 0.717) is 0 Å². The molecule has 0 aliphatic rings. The summed E-state index contributed by atoms with van der Waals surface area (Å²) in [6.07, 6.45) is -2.33. The zero-order valence-electron chi connectivity index (χ0n) is 8.44. The molecule has 0 amide bonds. The summed E-state index contributed by atoms with van der Waals surface area (Å²) >= 11 is 0. The van der Waals surface area contributed by atoms with Crippen LogP contribution in [0.25, 0.3) is 0 Å². The van der Waals surface area contributed by atoms with Crippen molar-refractivity contribution < 1.29 is 28.3 Å². The zero-order valence-corrected chi connectivity index (χ0v) is 11.6. The Morgan fingerprint density at radius 2 is 1.43 bits per heavy atom. The number of hydrogen-bond acceptors (Lipinski definition) is 6. The smallest absolute Gasteiger partial charge is 0.652 e. The van der Waals surface area contributed by atoms with E-state index in [1.807, 2.05) is 0 Å². The molecule has 0 atom stereocenters. The molecule has 0 aromatic heterocycles. The largest absolute Gasteiger partial charge is 2.00 e. The van der Waals surface area contributed by atoms with Gasteiger partial charge in [0.1, 0.15) is 0 Å². The maximum atomic E-state index is 8.33. The molecule has 0 aliphatic carbocycles. The van der Waals surface area contributed by atoms with Gasteiger partial charge in [-0.05, 0) is 11.9 Å². The van der Waals surface area contributed by atoms with Crippen LogP contribution in [0.5, 0.6) is 0 Å². The van der Waals surface area contributed by atoms with Crippen molar-refractivity contribution in [2.75, 3.05) is 21.3 Å². The molecule has 0 aliphatic heterocycles. The van der Waals surface area contributed by atoms with Gasteiger partial charge in [0, 0.05) is 21.3 Å². The van der Waals surface area contributed by atoms with E-state index in [2.05, 4.69) is 6.58 Å². The molecule has 0 radical (unpaired) electrons. The molecule has 0 unspecified atom stereocenters. The van der Waals surface area contributed by atoms with Gasteiger partial charge in [0.2, 0.25) is 0 Å². The average molecular weight is 248 g/mol. The number of carbonyl (C=O) groups excluding carboxylic acids is 1. The fourth-order valence-electron chi connectivity index (χ4n) is 0.500. The van der Waals surface area contributed by atoms with E-state index in [9.17, 15) is 0 Å². The molecule has 0 bridgehead atoms. The summed E-state index contributed by atoms with van der Waals surface area (Å²) in [5.41, 5.74) is 1.58. The third-order valence-corrected chi connectivity index (χ3v) is 3.31. The van der Waals surface area contributed by atoms with E-state index in [4.69, 9.17) is 28.3 Å². The molecule has 78 valence electrons. The van der Waals surface area contributed by atoms with Crippen molar-refractivity contribution in [1.82, 2.24) is 0 Å². The van der Waals surface area contributed by atoms with Crippen LogP contribution in [0.2, 0.25) is 0 Å². The predicted molar refractivity (Wildman–Crippen MR) is 48.1 cm³/mol. The first kappa shape index (κ1) is 19.9. The zero-order chi connectivity index (χ0) is 10.9. The molecule has 0 rings (SSSR count). The molecule has 0 spiro atoms. The van der Waals surface area contributed by atoms with E-state index >= 15 is 0 Å². The van der Waals surface area contributed by atoms with Crippen LogP contribution < -0.4 is 10.2 Å². The average Bonchev–Trinajstić information content (AvgIpc) is 2.09. The van der Waals surface area contributed by atoms with Crippen molar-refractivity contribution in [2.45, 2.75) is 0 Å². The molecule has 6 nitrogen and oxygen atoms in total. The first-order valence-electron chi connectivity index (χ1n) is 3.15. The van der Waals surface area contributed by atoms with Crippen molar-refractivity contribution in [1.29, 1.82) is 0 Å². The Bertz CT molecular complexity index is 148. The second-order valence-corrected chi connectivity index (χ2v) is 4.51. The minimum absolute atomic E-state index is 0. The van der Waals surface area contributed by atoms with Gasteiger partial charge in [-0.25, -0.2) is 0 Å². The first-order valence-corrected chi connectivity index (χ1v) is 4.95. The van der Waals surface area contributed by atoms with E-state index < -0.39 is 15.0 Å². The Balaban J connectivity index is -0.000000209. The third kappa shape index (κ3) is 10.4. The van der Waals surface area contributed by atoms with Crippen LogP contribution >= 0.6 is 0 Å². The molecule has 0 heterocycles. The van der Waals surface area contributed by atoms with Crippen molar-refractivity contribution >= 4 is 52.7 Å². The Kier molecular flexibility index (Phi) is 16.2. The normalized spacial score (nSPS) is 9.07. The maximum Gasteiger partial charge on any atom is 2.00 e. The van der Waals surface area contributed by atoms with Gasteiger partial charge in [0.25, 0.3) is 0 Å². The maximum absolute atomic E-state index is 8.33. The van der Waals surface area contributed by atoms with Crippen LogP contribution in [0.4, 0.5) is 4.79 Å². The van der Waals surface area contributed by atoms with Crippen molar-refractivity contribution in [2.24, 2.45) is 0 Å². The fourth-order valence-corrected chi connectivity index (χ4v) is 1.50. The summed E-state index contributed by atoms with van der Waals surface area (Å²) in [4.78, 5) is 8.33. The molecule has 14 heavy (non-hydrogen) atoms. The van der Waals surface area contributed by atoms with Crippen LogP contribution in [0.1, 0.15) is 0 Å². The van der Waals surface area contributed by atoms with Crippen LogP contribution in [-0.4, -0.2) is 74.0 Å². The Labute approximate surface area is 114 Å². The van der Waals surface area contributed by atoms with E-state index in [1.54, 1.807) is 27.0 Å². The number of rotatable bonds is 4. The second-order valence-electron chi connectivity index (χ2n) is 1.67. The van der Waals surface area contributed by atoms with Crippen LogP contribution in [0.15, 0.2) is 12.3 Å². The Morgan fingerprint density at radius 1 is 1.21 bits per heavy atom. The number of carbonyl (C=O) groups is 1. The summed E-state index contributed by atoms with van der Waals surface area (Å²) in [5.74, 6) is 0. The van der Waals surface area contributed by atoms with E-state index in [1.165, 1.54) is 0 Å². The van der Waals surface area contributed by atoms with Gasteiger partial charge >= 0.3 is 46.5 Å². The summed E-state index contributed by atoms with van der Waals surface area (Å²) in [6, 6.07) is 0. The topological polar surface area (TPSA) is 90.9 Å². The van der Waals surface area contributed by atoms with E-state index in [0.717, 1.165) is 0 Å². The predicted octanol–water partition coefficient (Wildman–Crippen LogP) is -2.24. The first-order chi connectivity index (χ1) is 5.97. The summed E-state index contributed by atoms with van der Waals surface area (Å²) in [5, 5.41) is 16.7. The van der Waals surface area contributed by atoms with E-state index in [-0.39, 0.29) is 37.7 Å². The summed E-state index contributed by atoms with van der Waals surface area (Å²) in [6.45, 7) is 3.53. The molecule has 0 saturated heterocycles. The fraction of sp³-hybridized carbons (Fsp3) is 0.500. The van der Waals surface area contributed by atoms with Crippen LogP contribution in [0.3, 0.4) is 0 Å². The standard InChI is InChI=1S/C5H12O3Si.CH2O3.Ca/c1-5-9(6-2,7-3)8-4;2-1(3)4;/h5H,1H2,2-4H3;(H2,2,3,4);/q;;+2/p-2. The number of hydrogen-bond donors (Lipinski definition) is 0. The van der Waals surface area contributed by atoms with Gasteiger partial charge in [-0.15, -0.1) is 0 Å². The minimum Gasteiger partial charge on any atom is -0.652 e. The van der Waals surface area contributed by atoms with Crippen molar-refractivity contribution in [3.05, 3.63) is 12.3 Å². The van der Waals surface area contributed by atoms with Crippen LogP contribution in [-0.2, 0) is 13.3 Å². The van der Waals surface area contributed by atoms with Gasteiger partial charge in [0.05, 0.1) is 0 Å². The Hall–Kier alpha value is 0.367. The van der Waals surface area contributed by atoms with Crippen molar-refractivity contribution in [3.8, 4) is 0 Å².